The molecule has 2 rings (SSSR count). The fourth-order valence-electron chi connectivity index (χ4n) is 2.18. The van der Waals surface area contributed by atoms with Crippen molar-refractivity contribution in [3.8, 4) is 0 Å². The Balaban J connectivity index is 2.03. The summed E-state index contributed by atoms with van der Waals surface area (Å²) < 4.78 is 37.2. The summed E-state index contributed by atoms with van der Waals surface area (Å²) in [6.45, 7) is 2.42. The van der Waals surface area contributed by atoms with Crippen molar-refractivity contribution in [2.24, 2.45) is 0 Å². The number of nitrogens with one attached hydrogen (secondary N) is 1. The summed E-state index contributed by atoms with van der Waals surface area (Å²) in [6, 6.07) is 0. The highest BCUT2D eigenvalue weighted by atomic mass is 32.2. The minimum absolute atomic E-state index is 0.236. The van der Waals surface area contributed by atoms with Crippen LogP contribution in [-0.2, 0) is 20.8 Å². The van der Waals surface area contributed by atoms with Gasteiger partial charge in [0, 0.05) is 35.4 Å². The predicted molar refractivity (Wildman–Crippen MR) is 64.3 cm³/mol. The molecule has 94 valence electrons. The third-order valence-electron chi connectivity index (χ3n) is 3.20. The number of hydrogen-bond donors (Lipinski definition) is 1. The molecule has 0 unspecified atom stereocenters. The zero-order valence-corrected chi connectivity index (χ0v) is 10.9. The maximum absolute atomic E-state index is 12.2. The van der Waals surface area contributed by atoms with Gasteiger partial charge in [-0.15, -0.1) is 0 Å². The van der Waals surface area contributed by atoms with E-state index < -0.39 is 20.8 Å². The number of piperidine rings is 1. The molecular formula is C9H18N2O3S2. The Kier molecular flexibility index (Phi) is 3.99. The molecular weight excluding hydrogens is 248 g/mol. The quantitative estimate of drug-likeness (QED) is 0.706. The van der Waals surface area contributed by atoms with Crippen LogP contribution in [0.4, 0.5) is 0 Å². The smallest absolute Gasteiger partial charge is 0.217 e. The van der Waals surface area contributed by atoms with Crippen LogP contribution in [-0.4, -0.2) is 59.9 Å². The Hall–Kier alpha value is 0.0200. The molecule has 0 aliphatic carbocycles. The minimum atomic E-state index is -3.15. The summed E-state index contributed by atoms with van der Waals surface area (Å²) >= 11 is 0. The van der Waals surface area contributed by atoms with E-state index in [0.29, 0.717) is 37.4 Å². The zero-order valence-electron chi connectivity index (χ0n) is 9.22. The first-order chi connectivity index (χ1) is 7.60. The molecule has 0 atom stereocenters. The van der Waals surface area contributed by atoms with Crippen molar-refractivity contribution in [1.29, 1.82) is 0 Å². The minimum Gasteiger partial charge on any atom is -0.317 e. The highest BCUT2D eigenvalue weighted by Crippen LogP contribution is 2.19. The van der Waals surface area contributed by atoms with Gasteiger partial charge in [0.1, 0.15) is 0 Å². The average Bonchev–Trinajstić information content (AvgIpc) is 2.31. The molecule has 0 bridgehead atoms. The van der Waals surface area contributed by atoms with Crippen LogP contribution in [0.3, 0.4) is 0 Å². The Morgan fingerprint density at radius 3 is 2.25 bits per heavy atom. The lowest BCUT2D eigenvalue weighted by atomic mass is 10.2. The first-order valence-corrected chi connectivity index (χ1v) is 8.64. The van der Waals surface area contributed by atoms with Gasteiger partial charge in [-0.2, -0.15) is 4.31 Å². The molecule has 0 spiro atoms. The van der Waals surface area contributed by atoms with Crippen LogP contribution in [0.15, 0.2) is 0 Å². The lowest BCUT2D eigenvalue weighted by Crippen LogP contribution is -2.48. The second-order valence-electron chi connectivity index (χ2n) is 4.24. The Bertz CT molecular complexity index is 353. The van der Waals surface area contributed by atoms with Crippen LogP contribution in [0.25, 0.3) is 0 Å². The number of rotatable bonds is 2. The van der Waals surface area contributed by atoms with E-state index in [1.165, 1.54) is 4.31 Å². The van der Waals surface area contributed by atoms with Crippen molar-refractivity contribution in [2.75, 3.05) is 37.7 Å². The molecule has 5 nitrogen and oxygen atoms in total. The topological polar surface area (TPSA) is 66.5 Å². The fraction of sp³-hybridized carbons (Fsp3) is 1.00. The van der Waals surface area contributed by atoms with Gasteiger partial charge >= 0.3 is 0 Å². The second-order valence-corrected chi connectivity index (χ2v) is 8.15. The van der Waals surface area contributed by atoms with Gasteiger partial charge in [-0.3, -0.25) is 4.21 Å². The lowest BCUT2D eigenvalue weighted by Gasteiger charge is -2.31. The number of hydrogen-bond acceptors (Lipinski definition) is 4. The van der Waals surface area contributed by atoms with E-state index in [1.807, 2.05) is 0 Å². The molecule has 2 aliphatic heterocycles. The molecule has 1 N–H and O–H groups in total. The Morgan fingerprint density at radius 1 is 1.12 bits per heavy atom. The summed E-state index contributed by atoms with van der Waals surface area (Å²) in [4.78, 5) is 0. The molecule has 16 heavy (non-hydrogen) atoms. The summed E-state index contributed by atoms with van der Waals surface area (Å²) in [5, 5.41) is 2.93. The molecule has 0 aromatic carbocycles. The van der Waals surface area contributed by atoms with Crippen molar-refractivity contribution in [1.82, 2.24) is 9.62 Å². The van der Waals surface area contributed by atoms with E-state index in [2.05, 4.69) is 5.32 Å². The standard InChI is InChI=1S/C9H18N2O3S2/c12-15-7-5-11(6-8-15)16(13,14)9-1-3-10-4-2-9/h9-10H,1-8H2. The SMILES string of the molecule is O=S1CCN(S(=O)(=O)C2CCNCC2)CC1. The first-order valence-electron chi connectivity index (χ1n) is 5.65. The van der Waals surface area contributed by atoms with Crippen LogP contribution in [0.2, 0.25) is 0 Å². The monoisotopic (exact) mass is 266 g/mol. The van der Waals surface area contributed by atoms with Gasteiger partial charge in [0.15, 0.2) is 0 Å². The van der Waals surface area contributed by atoms with Crippen LogP contribution in [0, 0.1) is 0 Å². The van der Waals surface area contributed by atoms with Gasteiger partial charge in [-0.05, 0) is 25.9 Å². The van der Waals surface area contributed by atoms with E-state index in [1.54, 1.807) is 0 Å². The maximum atomic E-state index is 12.2. The van der Waals surface area contributed by atoms with Crippen LogP contribution in [0.1, 0.15) is 12.8 Å². The third kappa shape index (κ3) is 2.64. The first kappa shape index (κ1) is 12.5. The van der Waals surface area contributed by atoms with Crippen molar-refractivity contribution < 1.29 is 12.6 Å². The number of nitrogens with zero attached hydrogens (tertiary/aromatic N) is 1. The van der Waals surface area contributed by atoms with Gasteiger partial charge in [-0.1, -0.05) is 0 Å². The molecule has 0 radical (unpaired) electrons. The highest BCUT2D eigenvalue weighted by Gasteiger charge is 2.34. The van der Waals surface area contributed by atoms with E-state index in [9.17, 15) is 12.6 Å². The summed E-state index contributed by atoms with van der Waals surface area (Å²) in [6.07, 6.45) is 1.39. The Labute approximate surface area is 99.1 Å². The molecule has 0 amide bonds. The van der Waals surface area contributed by atoms with Crippen molar-refractivity contribution in [3.63, 3.8) is 0 Å². The average molecular weight is 266 g/mol. The van der Waals surface area contributed by atoms with Gasteiger partial charge in [0.05, 0.1) is 5.25 Å². The van der Waals surface area contributed by atoms with Crippen LogP contribution in [0.5, 0.6) is 0 Å². The van der Waals surface area contributed by atoms with Gasteiger partial charge in [0.2, 0.25) is 10.0 Å². The molecule has 0 aromatic heterocycles. The normalized spacial score (nSPS) is 27.0. The van der Waals surface area contributed by atoms with Gasteiger partial charge < -0.3 is 5.32 Å². The van der Waals surface area contributed by atoms with Crippen molar-refractivity contribution in [2.45, 2.75) is 18.1 Å². The highest BCUT2D eigenvalue weighted by molar-refractivity contribution is 7.90. The summed E-state index contributed by atoms with van der Waals surface area (Å²) in [5.41, 5.74) is 0. The summed E-state index contributed by atoms with van der Waals surface area (Å²) in [5.74, 6) is 0.981. The zero-order chi connectivity index (χ0) is 11.6. The molecule has 0 saturated carbocycles. The fourth-order valence-corrected chi connectivity index (χ4v) is 5.41. The van der Waals surface area contributed by atoms with Crippen LogP contribution < -0.4 is 5.32 Å². The van der Waals surface area contributed by atoms with Crippen molar-refractivity contribution in [3.05, 3.63) is 0 Å². The van der Waals surface area contributed by atoms with E-state index >= 15 is 0 Å². The van der Waals surface area contributed by atoms with Crippen molar-refractivity contribution >= 4 is 20.8 Å². The predicted octanol–water partition coefficient (Wildman–Crippen LogP) is -0.867. The molecule has 2 saturated heterocycles. The maximum Gasteiger partial charge on any atom is 0.217 e. The second kappa shape index (κ2) is 5.12. The van der Waals surface area contributed by atoms with E-state index in [-0.39, 0.29) is 5.25 Å². The van der Waals surface area contributed by atoms with Gasteiger partial charge in [0.25, 0.3) is 0 Å². The van der Waals surface area contributed by atoms with Gasteiger partial charge in [-0.25, -0.2) is 8.42 Å². The molecule has 2 heterocycles. The van der Waals surface area contributed by atoms with Crippen LogP contribution >= 0.6 is 0 Å². The van der Waals surface area contributed by atoms with E-state index in [4.69, 9.17) is 0 Å². The third-order valence-corrected chi connectivity index (χ3v) is 6.88. The summed E-state index contributed by atoms with van der Waals surface area (Å²) in [7, 11) is -3.97. The molecule has 0 aromatic rings. The largest absolute Gasteiger partial charge is 0.317 e. The lowest BCUT2D eigenvalue weighted by molar-refractivity contribution is 0.410. The molecule has 7 heteroatoms. The van der Waals surface area contributed by atoms with E-state index in [0.717, 1.165) is 13.1 Å². The Morgan fingerprint density at radius 2 is 1.69 bits per heavy atom. The number of sulfonamides is 1. The molecule has 2 aliphatic rings. The molecule has 2 fully saturated rings.